The van der Waals surface area contributed by atoms with Gasteiger partial charge in [0.15, 0.2) is 0 Å². The molecule has 0 aliphatic carbocycles. The van der Waals surface area contributed by atoms with Gasteiger partial charge < -0.3 is 9.47 Å². The molecule has 2 aliphatic rings. The minimum atomic E-state index is -4.59. The molecule has 2 fully saturated rings. The molecule has 0 saturated carbocycles. The van der Waals surface area contributed by atoms with Crippen LogP contribution in [0.2, 0.25) is 0 Å². The van der Waals surface area contributed by atoms with Crippen LogP contribution in [0.5, 0.6) is 5.75 Å². The summed E-state index contributed by atoms with van der Waals surface area (Å²) in [5.41, 5.74) is -0.539. The van der Waals surface area contributed by atoms with E-state index in [1.54, 1.807) is 45.0 Å². The van der Waals surface area contributed by atoms with Gasteiger partial charge in [-0.3, -0.25) is 19.2 Å². The van der Waals surface area contributed by atoms with Crippen molar-refractivity contribution in [1.82, 2.24) is 23.7 Å². The van der Waals surface area contributed by atoms with Crippen molar-refractivity contribution in [3.8, 4) is 5.75 Å². The van der Waals surface area contributed by atoms with Crippen molar-refractivity contribution in [2.45, 2.75) is 58.0 Å². The zero-order valence-electron chi connectivity index (χ0n) is 25.8. The molecule has 2 aliphatic heterocycles. The number of benzene rings is 2. The first-order valence-electron chi connectivity index (χ1n) is 14.4. The number of carbonyl (C=O) groups excluding carboxylic acids is 3. The molecule has 0 radical (unpaired) electrons. The van der Waals surface area contributed by atoms with Crippen LogP contribution in [0.25, 0.3) is 17.0 Å². The topological polar surface area (TPSA) is 140 Å². The van der Waals surface area contributed by atoms with E-state index in [2.05, 4.69) is 5.10 Å². The van der Waals surface area contributed by atoms with Gasteiger partial charge in [0.25, 0.3) is 11.1 Å². The van der Waals surface area contributed by atoms with Gasteiger partial charge in [-0.1, -0.05) is 12.1 Å². The van der Waals surface area contributed by atoms with Crippen molar-refractivity contribution in [1.29, 1.82) is 0 Å². The fraction of sp³-hybridized carbons (Fsp3) is 0.400. The van der Waals surface area contributed by atoms with E-state index >= 15 is 0 Å². The average molecular weight is 696 g/mol. The van der Waals surface area contributed by atoms with Crippen LogP contribution in [0.3, 0.4) is 0 Å². The Morgan fingerprint density at radius 3 is 2.45 bits per heavy atom. The SMILES string of the molecule is COc1ccc(Cn2ncc3cc(/C=C4\SC(=O)N(C5CCN(S(=O)(=O)NC(=O)OC(C)(C)C)CC5)C4=O)ccc32)c(C(F)(F)F)c1. The molecule has 2 aromatic carbocycles. The van der Waals surface area contributed by atoms with Crippen LogP contribution in [0, 0.1) is 0 Å². The van der Waals surface area contributed by atoms with Gasteiger partial charge in [-0.15, -0.1) is 0 Å². The van der Waals surface area contributed by atoms with Gasteiger partial charge in [-0.05, 0) is 86.8 Å². The van der Waals surface area contributed by atoms with Crippen LogP contribution in [0.4, 0.5) is 22.8 Å². The lowest BCUT2D eigenvalue weighted by Gasteiger charge is -2.34. The van der Waals surface area contributed by atoms with E-state index in [1.807, 2.05) is 4.72 Å². The first-order chi connectivity index (χ1) is 21.9. The molecule has 3 amide bonds. The number of fused-ring (bicyclic) bond motifs is 1. The predicted molar refractivity (Wildman–Crippen MR) is 168 cm³/mol. The number of nitrogens with zero attached hydrogens (tertiary/aromatic N) is 4. The Labute approximate surface area is 273 Å². The number of thioether (sulfide) groups is 1. The standard InChI is InChI=1S/C30H32F3N5O7S2/c1-29(2,3)45-27(40)35-47(42,43)36-11-9-21(10-12-36)38-26(39)25(46-28(38)41)14-18-5-8-24-20(13-18)16-34-37(24)17-19-6-7-22(44-4)15-23(19)30(31,32)33/h5-8,13-16,21H,9-12,17H2,1-4H3,(H,35,40)/b25-14-. The van der Waals surface area contributed by atoms with Gasteiger partial charge in [-0.25, -0.2) is 9.52 Å². The molecule has 17 heteroatoms. The lowest BCUT2D eigenvalue weighted by atomic mass is 10.0. The maximum atomic E-state index is 13.7. The van der Waals surface area contributed by atoms with Gasteiger partial charge in [0.2, 0.25) is 0 Å². The molecular weight excluding hydrogens is 663 g/mol. The number of methoxy groups -OCH3 is 1. The summed E-state index contributed by atoms with van der Waals surface area (Å²) in [7, 11) is -2.89. The minimum absolute atomic E-state index is 0.0174. The third kappa shape index (κ3) is 7.73. The van der Waals surface area contributed by atoms with Gasteiger partial charge in [0, 0.05) is 24.5 Å². The third-order valence-electron chi connectivity index (χ3n) is 7.47. The molecule has 1 N–H and O–H groups in total. The number of aromatic nitrogens is 2. The van der Waals surface area contributed by atoms with E-state index in [-0.39, 0.29) is 48.7 Å². The summed E-state index contributed by atoms with van der Waals surface area (Å²) < 4.78 is 80.8. The van der Waals surface area contributed by atoms with Crippen LogP contribution in [-0.2, 0) is 32.5 Å². The summed E-state index contributed by atoms with van der Waals surface area (Å²) in [6, 6.07) is 8.28. The summed E-state index contributed by atoms with van der Waals surface area (Å²) in [6.45, 7) is 4.62. The first-order valence-corrected chi connectivity index (χ1v) is 16.7. The Balaban J connectivity index is 1.26. The average Bonchev–Trinajstić information content (AvgIpc) is 3.49. The lowest BCUT2D eigenvalue weighted by Crippen LogP contribution is -2.52. The second kappa shape index (κ2) is 12.8. The molecule has 5 rings (SSSR count). The molecule has 0 atom stereocenters. The summed E-state index contributed by atoms with van der Waals surface area (Å²) in [6.07, 6.45) is -2.27. The number of hydrogen-bond acceptors (Lipinski definition) is 9. The lowest BCUT2D eigenvalue weighted by molar-refractivity contribution is -0.138. The number of nitrogens with one attached hydrogen (secondary N) is 1. The highest BCUT2D eigenvalue weighted by atomic mass is 32.2. The first kappa shape index (κ1) is 34.3. The Hall–Kier alpha value is -4.09. The van der Waals surface area contributed by atoms with E-state index in [4.69, 9.17) is 9.47 Å². The molecule has 47 heavy (non-hydrogen) atoms. The van der Waals surface area contributed by atoms with E-state index in [0.717, 1.165) is 27.0 Å². The Morgan fingerprint density at radius 2 is 1.81 bits per heavy atom. The van der Waals surface area contributed by atoms with Gasteiger partial charge >= 0.3 is 22.5 Å². The molecule has 0 spiro atoms. The van der Waals surface area contributed by atoms with Crippen molar-refractivity contribution in [3.05, 3.63) is 64.2 Å². The monoisotopic (exact) mass is 695 g/mol. The second-order valence-corrected chi connectivity index (χ2v) is 14.6. The molecule has 3 aromatic rings. The smallest absolute Gasteiger partial charge is 0.422 e. The van der Waals surface area contributed by atoms with E-state index in [1.165, 1.54) is 30.1 Å². The normalized spacial score (nSPS) is 17.9. The summed E-state index contributed by atoms with van der Waals surface area (Å²) in [5.74, 6) is -0.422. The molecule has 0 bridgehead atoms. The number of piperidine rings is 1. The minimum Gasteiger partial charge on any atom is -0.497 e. The Kier molecular flexibility index (Phi) is 9.36. The zero-order valence-corrected chi connectivity index (χ0v) is 27.5. The quantitative estimate of drug-likeness (QED) is 0.323. The highest BCUT2D eigenvalue weighted by molar-refractivity contribution is 8.18. The van der Waals surface area contributed by atoms with Crippen LogP contribution >= 0.6 is 11.8 Å². The van der Waals surface area contributed by atoms with Crippen molar-refractivity contribution in [2.24, 2.45) is 0 Å². The van der Waals surface area contributed by atoms with Crippen molar-refractivity contribution < 1.29 is 45.4 Å². The maximum Gasteiger partial charge on any atom is 0.422 e. The molecular formula is C30H32F3N5O7S2. The third-order valence-corrected chi connectivity index (χ3v) is 9.82. The molecule has 3 heterocycles. The molecule has 12 nitrogen and oxygen atoms in total. The molecule has 0 unspecified atom stereocenters. The van der Waals surface area contributed by atoms with Crippen molar-refractivity contribution in [2.75, 3.05) is 20.2 Å². The Morgan fingerprint density at radius 1 is 1.11 bits per heavy atom. The van der Waals surface area contributed by atoms with Crippen LogP contribution in [0.15, 0.2) is 47.5 Å². The van der Waals surface area contributed by atoms with E-state index in [9.17, 15) is 36.0 Å². The van der Waals surface area contributed by atoms with Crippen molar-refractivity contribution >= 4 is 56.2 Å². The molecule has 2 saturated heterocycles. The molecule has 1 aromatic heterocycles. The Bertz CT molecular complexity index is 1860. The van der Waals surface area contributed by atoms with Crippen molar-refractivity contribution in [3.63, 3.8) is 0 Å². The zero-order chi connectivity index (χ0) is 34.3. The number of carbonyl (C=O) groups is 3. The highest BCUT2D eigenvalue weighted by Gasteiger charge is 2.42. The summed E-state index contributed by atoms with van der Waals surface area (Å²) in [5, 5.41) is 4.41. The van der Waals surface area contributed by atoms with Crippen LogP contribution < -0.4 is 9.46 Å². The van der Waals surface area contributed by atoms with Gasteiger partial charge in [-0.2, -0.15) is 31.0 Å². The fourth-order valence-corrected chi connectivity index (χ4v) is 7.29. The number of imide groups is 1. The predicted octanol–water partition coefficient (Wildman–Crippen LogP) is 5.38. The number of amides is 3. The number of alkyl halides is 3. The molecule has 252 valence electrons. The van der Waals surface area contributed by atoms with Crippen LogP contribution in [-0.4, -0.2) is 76.5 Å². The van der Waals surface area contributed by atoms with E-state index in [0.29, 0.717) is 16.5 Å². The van der Waals surface area contributed by atoms with Crippen LogP contribution in [0.1, 0.15) is 50.3 Å². The maximum absolute atomic E-state index is 13.7. The highest BCUT2D eigenvalue weighted by Crippen LogP contribution is 2.37. The fourth-order valence-electron chi connectivity index (χ4n) is 5.32. The number of ether oxygens (including phenoxy) is 2. The van der Waals surface area contributed by atoms with Gasteiger partial charge in [0.1, 0.15) is 11.4 Å². The second-order valence-electron chi connectivity index (χ2n) is 11.9. The summed E-state index contributed by atoms with van der Waals surface area (Å²) in [4.78, 5) is 39.5. The number of halogens is 3. The van der Waals surface area contributed by atoms with Gasteiger partial charge in [0.05, 0.1) is 35.8 Å². The summed E-state index contributed by atoms with van der Waals surface area (Å²) >= 11 is 0.765. The number of rotatable bonds is 7. The van der Waals surface area contributed by atoms with E-state index < -0.39 is 50.8 Å². The largest absolute Gasteiger partial charge is 0.497 e. The number of hydrogen-bond donors (Lipinski definition) is 1.